The second-order valence-electron chi connectivity index (χ2n) is 7.89. The van der Waals surface area contributed by atoms with E-state index in [0.717, 1.165) is 45.8 Å². The summed E-state index contributed by atoms with van der Waals surface area (Å²) in [5.41, 5.74) is 13.6. The first-order chi connectivity index (χ1) is 16.2. The summed E-state index contributed by atoms with van der Waals surface area (Å²) >= 11 is 0. The van der Waals surface area contributed by atoms with Crippen molar-refractivity contribution < 1.29 is 0 Å². The molecule has 0 aliphatic heterocycles. The summed E-state index contributed by atoms with van der Waals surface area (Å²) in [4.78, 5) is 4.89. The first kappa shape index (κ1) is 22.1. The first-order valence-electron chi connectivity index (χ1n) is 11.3. The first-order valence-corrected chi connectivity index (χ1v) is 11.3. The molecule has 3 heteroatoms. The average molecular weight is 432 g/mol. The van der Waals surface area contributed by atoms with Crippen LogP contribution < -0.4 is 5.73 Å². The van der Waals surface area contributed by atoms with Crippen LogP contribution in [0.2, 0.25) is 0 Å². The van der Waals surface area contributed by atoms with E-state index in [2.05, 4.69) is 79.1 Å². The molecule has 33 heavy (non-hydrogen) atoms. The fraction of sp³-hybridized carbons (Fsp3) is 0.100. The Morgan fingerprint density at radius 2 is 1.39 bits per heavy atom. The van der Waals surface area contributed by atoms with Gasteiger partial charge in [-0.25, -0.2) is 4.98 Å². The molecule has 0 aliphatic carbocycles. The minimum atomic E-state index is 0.815. The zero-order valence-electron chi connectivity index (χ0n) is 19.1. The SMILES string of the molecule is CC/C=C(\N)c1ccc(-c2nc3ccccc3n2-c2ccccc2)cc1.Cc1ccccc1. The highest BCUT2D eigenvalue weighted by atomic mass is 15.1. The van der Waals surface area contributed by atoms with Crippen LogP contribution in [0.1, 0.15) is 24.5 Å². The third kappa shape index (κ3) is 5.21. The molecule has 4 aromatic carbocycles. The zero-order valence-corrected chi connectivity index (χ0v) is 19.1. The van der Waals surface area contributed by atoms with Crippen LogP contribution in [0.25, 0.3) is 33.8 Å². The molecule has 5 aromatic rings. The summed E-state index contributed by atoms with van der Waals surface area (Å²) in [5, 5.41) is 0. The van der Waals surface area contributed by atoms with Crippen molar-refractivity contribution in [2.24, 2.45) is 5.73 Å². The summed E-state index contributed by atoms with van der Waals surface area (Å²) < 4.78 is 2.20. The molecule has 0 unspecified atom stereocenters. The van der Waals surface area contributed by atoms with Crippen LogP contribution >= 0.6 is 0 Å². The van der Waals surface area contributed by atoms with Gasteiger partial charge in [-0.1, -0.05) is 103 Å². The highest BCUT2D eigenvalue weighted by Crippen LogP contribution is 2.29. The van der Waals surface area contributed by atoms with E-state index in [1.165, 1.54) is 5.56 Å². The van der Waals surface area contributed by atoms with Crippen LogP contribution in [0.15, 0.2) is 115 Å². The highest BCUT2D eigenvalue weighted by molar-refractivity contribution is 5.83. The lowest BCUT2D eigenvalue weighted by atomic mass is 10.1. The summed E-state index contributed by atoms with van der Waals surface area (Å²) in [7, 11) is 0. The molecule has 0 aliphatic rings. The van der Waals surface area contributed by atoms with E-state index in [9.17, 15) is 0 Å². The highest BCUT2D eigenvalue weighted by Gasteiger charge is 2.13. The number of nitrogens with two attached hydrogens (primary N) is 1. The predicted molar refractivity (Wildman–Crippen MR) is 140 cm³/mol. The Morgan fingerprint density at radius 1 is 0.788 bits per heavy atom. The molecule has 5 rings (SSSR count). The molecule has 0 spiro atoms. The van der Waals surface area contributed by atoms with Crippen molar-refractivity contribution in [1.82, 2.24) is 9.55 Å². The van der Waals surface area contributed by atoms with E-state index in [1.807, 2.05) is 54.6 Å². The number of hydrogen-bond acceptors (Lipinski definition) is 2. The third-order valence-electron chi connectivity index (χ3n) is 5.42. The largest absolute Gasteiger partial charge is 0.399 e. The maximum Gasteiger partial charge on any atom is 0.145 e. The van der Waals surface area contributed by atoms with Gasteiger partial charge >= 0.3 is 0 Å². The number of allylic oxidation sites excluding steroid dienone is 1. The normalized spacial score (nSPS) is 11.2. The minimum Gasteiger partial charge on any atom is -0.399 e. The van der Waals surface area contributed by atoms with Gasteiger partial charge in [-0.05, 0) is 43.2 Å². The molecule has 0 atom stereocenters. The molecule has 0 saturated carbocycles. The van der Waals surface area contributed by atoms with Gasteiger partial charge in [-0.2, -0.15) is 0 Å². The van der Waals surface area contributed by atoms with Crippen molar-refractivity contribution in [2.75, 3.05) is 0 Å². The number of fused-ring (bicyclic) bond motifs is 1. The molecular weight excluding hydrogens is 402 g/mol. The molecule has 0 amide bonds. The van der Waals surface area contributed by atoms with Gasteiger partial charge in [-0.15, -0.1) is 0 Å². The number of aryl methyl sites for hydroxylation is 1. The number of rotatable bonds is 4. The molecule has 3 nitrogen and oxygen atoms in total. The number of hydrogen-bond donors (Lipinski definition) is 1. The standard InChI is InChI=1S/C23H21N3.C7H8/c1-2-8-20(24)17-13-15-18(16-14-17)23-25-21-11-6-7-12-22(21)26(23)19-9-4-3-5-10-19;1-7-5-3-2-4-6-7/h3-16H,2,24H2,1H3;2-6H,1H3/b20-8-;. The quantitative estimate of drug-likeness (QED) is 0.322. The van der Waals surface area contributed by atoms with E-state index in [1.54, 1.807) is 0 Å². The summed E-state index contributed by atoms with van der Waals surface area (Å²) in [5.74, 6) is 0.932. The summed E-state index contributed by atoms with van der Waals surface area (Å²) in [6, 6.07) is 37.1. The zero-order chi connectivity index (χ0) is 23.0. The average Bonchev–Trinajstić information content (AvgIpc) is 3.25. The van der Waals surface area contributed by atoms with Crippen LogP contribution in [0.4, 0.5) is 0 Å². The number of para-hydroxylation sites is 3. The Kier molecular flexibility index (Phi) is 7.01. The molecule has 0 fully saturated rings. The molecular formula is C30H29N3. The molecule has 0 bridgehead atoms. The van der Waals surface area contributed by atoms with Gasteiger partial charge in [0.25, 0.3) is 0 Å². The Bertz CT molecular complexity index is 1330. The van der Waals surface area contributed by atoms with Gasteiger partial charge < -0.3 is 5.73 Å². The number of nitrogens with zero attached hydrogens (tertiary/aromatic N) is 2. The maximum absolute atomic E-state index is 6.12. The second kappa shape index (κ2) is 10.5. The van der Waals surface area contributed by atoms with Gasteiger partial charge in [0.1, 0.15) is 5.82 Å². The van der Waals surface area contributed by atoms with Crippen molar-refractivity contribution in [3.63, 3.8) is 0 Å². The van der Waals surface area contributed by atoms with E-state index < -0.39 is 0 Å². The van der Waals surface area contributed by atoms with Crippen molar-refractivity contribution in [3.05, 3.63) is 126 Å². The third-order valence-corrected chi connectivity index (χ3v) is 5.42. The lowest BCUT2D eigenvalue weighted by Crippen LogP contribution is -1.98. The topological polar surface area (TPSA) is 43.8 Å². The fourth-order valence-electron chi connectivity index (χ4n) is 3.74. The number of imidazole rings is 1. The molecule has 164 valence electrons. The van der Waals surface area contributed by atoms with Gasteiger partial charge in [0.15, 0.2) is 0 Å². The van der Waals surface area contributed by atoms with Crippen LogP contribution in [0.5, 0.6) is 0 Å². The van der Waals surface area contributed by atoms with Gasteiger partial charge in [0.2, 0.25) is 0 Å². The van der Waals surface area contributed by atoms with E-state index in [0.29, 0.717) is 0 Å². The van der Waals surface area contributed by atoms with Crippen molar-refractivity contribution in [3.8, 4) is 17.1 Å². The van der Waals surface area contributed by atoms with E-state index in [-0.39, 0.29) is 0 Å². The van der Waals surface area contributed by atoms with Crippen LogP contribution in [-0.4, -0.2) is 9.55 Å². The smallest absolute Gasteiger partial charge is 0.145 e. The predicted octanol–water partition coefficient (Wildman–Crippen LogP) is 7.40. The van der Waals surface area contributed by atoms with Crippen molar-refractivity contribution >= 4 is 16.7 Å². The fourth-order valence-corrected chi connectivity index (χ4v) is 3.74. The molecule has 1 aromatic heterocycles. The minimum absolute atomic E-state index is 0.815. The van der Waals surface area contributed by atoms with Crippen LogP contribution in [-0.2, 0) is 0 Å². The Labute approximate surface area is 195 Å². The summed E-state index contributed by atoms with van der Waals surface area (Å²) in [6.07, 6.45) is 2.96. The van der Waals surface area contributed by atoms with Crippen LogP contribution in [0, 0.1) is 6.92 Å². The van der Waals surface area contributed by atoms with E-state index in [4.69, 9.17) is 10.7 Å². The van der Waals surface area contributed by atoms with Crippen LogP contribution in [0.3, 0.4) is 0 Å². The lowest BCUT2D eigenvalue weighted by molar-refractivity contribution is 1.10. The summed E-state index contributed by atoms with van der Waals surface area (Å²) in [6.45, 7) is 4.17. The Balaban J connectivity index is 0.000000318. The molecule has 2 N–H and O–H groups in total. The molecule has 1 heterocycles. The molecule has 0 radical (unpaired) electrons. The van der Waals surface area contributed by atoms with Gasteiger partial charge in [-0.3, -0.25) is 4.57 Å². The molecule has 0 saturated heterocycles. The Hall–Kier alpha value is -4.11. The Morgan fingerprint density at radius 3 is 2.00 bits per heavy atom. The maximum atomic E-state index is 6.12. The monoisotopic (exact) mass is 431 g/mol. The van der Waals surface area contributed by atoms with Gasteiger partial charge in [0.05, 0.1) is 11.0 Å². The number of benzene rings is 4. The second-order valence-corrected chi connectivity index (χ2v) is 7.89. The van der Waals surface area contributed by atoms with Crippen molar-refractivity contribution in [1.29, 1.82) is 0 Å². The van der Waals surface area contributed by atoms with Crippen molar-refractivity contribution in [2.45, 2.75) is 20.3 Å². The van der Waals surface area contributed by atoms with Gasteiger partial charge in [0, 0.05) is 16.9 Å². The lowest BCUT2D eigenvalue weighted by Gasteiger charge is -2.10. The van der Waals surface area contributed by atoms with E-state index >= 15 is 0 Å². The number of aromatic nitrogens is 2.